The molecule has 0 atom stereocenters. The molecular weight excluding hydrogens is 462 g/mol. The molecule has 0 aliphatic heterocycles. The number of rotatable bonds is 7. The van der Waals surface area contributed by atoms with E-state index in [2.05, 4.69) is 0 Å². The van der Waals surface area contributed by atoms with Gasteiger partial charge in [-0.1, -0.05) is 60.2 Å². The van der Waals surface area contributed by atoms with Crippen LogP contribution < -0.4 is 0 Å². The average molecular weight is 486 g/mol. The largest absolute Gasteiger partial charge is 0.467 e. The first-order chi connectivity index (χ1) is 16.9. The van der Waals surface area contributed by atoms with Crippen molar-refractivity contribution in [3.63, 3.8) is 0 Å². The van der Waals surface area contributed by atoms with Crippen LogP contribution in [0, 0.1) is 6.92 Å². The molecule has 6 nitrogen and oxygen atoms in total. The van der Waals surface area contributed by atoms with Gasteiger partial charge in [0.1, 0.15) is 5.76 Å². The summed E-state index contributed by atoms with van der Waals surface area (Å²) in [5, 5.41) is 1.84. The van der Waals surface area contributed by atoms with Crippen LogP contribution in [0.4, 0.5) is 0 Å². The van der Waals surface area contributed by atoms with Gasteiger partial charge in [0.15, 0.2) is 5.76 Å². The summed E-state index contributed by atoms with van der Waals surface area (Å²) < 4.78 is 37.1. The number of fused-ring (bicyclic) bond motifs is 1. The Morgan fingerprint density at radius 2 is 1.60 bits per heavy atom. The van der Waals surface area contributed by atoms with E-state index in [1.54, 1.807) is 35.4 Å². The molecule has 0 bridgehead atoms. The summed E-state index contributed by atoms with van der Waals surface area (Å²) in [5.74, 6) is 0.125. The molecule has 0 unspecified atom stereocenters. The third-order valence-electron chi connectivity index (χ3n) is 5.84. The van der Waals surface area contributed by atoms with Crippen LogP contribution in [0.25, 0.3) is 10.8 Å². The maximum absolute atomic E-state index is 13.5. The van der Waals surface area contributed by atoms with Crippen LogP contribution in [0.2, 0.25) is 0 Å². The van der Waals surface area contributed by atoms with E-state index in [4.69, 9.17) is 8.83 Å². The Kier molecular flexibility index (Phi) is 6.01. The van der Waals surface area contributed by atoms with Gasteiger partial charge < -0.3 is 13.7 Å². The minimum atomic E-state index is -3.89. The molecule has 2 aromatic heterocycles. The van der Waals surface area contributed by atoms with Gasteiger partial charge in [0.2, 0.25) is 14.9 Å². The molecule has 35 heavy (non-hydrogen) atoms. The lowest BCUT2D eigenvalue weighted by atomic mass is 10.0. The molecule has 0 radical (unpaired) electrons. The van der Waals surface area contributed by atoms with E-state index in [0.717, 1.165) is 21.9 Å². The zero-order valence-electron chi connectivity index (χ0n) is 19.0. The molecule has 3 aromatic carbocycles. The fourth-order valence-electron chi connectivity index (χ4n) is 4.00. The number of hydrogen-bond donors (Lipinski definition) is 0. The summed E-state index contributed by atoms with van der Waals surface area (Å²) in [6, 6.07) is 26.7. The highest BCUT2D eigenvalue weighted by Gasteiger charge is 2.26. The van der Waals surface area contributed by atoms with Gasteiger partial charge in [0, 0.05) is 6.54 Å². The first-order valence-corrected chi connectivity index (χ1v) is 12.6. The van der Waals surface area contributed by atoms with Crippen molar-refractivity contribution in [2.24, 2.45) is 0 Å². The average Bonchev–Trinajstić information content (AvgIpc) is 3.57. The summed E-state index contributed by atoms with van der Waals surface area (Å²) in [6.07, 6.45) is 1.55. The van der Waals surface area contributed by atoms with Gasteiger partial charge in [-0.25, -0.2) is 8.42 Å². The van der Waals surface area contributed by atoms with E-state index in [-0.39, 0.29) is 22.3 Å². The van der Waals surface area contributed by atoms with E-state index in [9.17, 15) is 13.2 Å². The van der Waals surface area contributed by atoms with Crippen molar-refractivity contribution < 1.29 is 22.0 Å². The summed E-state index contributed by atoms with van der Waals surface area (Å²) >= 11 is 0. The second kappa shape index (κ2) is 9.27. The molecular formula is C28H23NO5S. The van der Waals surface area contributed by atoms with Gasteiger partial charge in [0.05, 0.1) is 17.7 Å². The standard InChI is InChI=1S/C28H23NO5S/c1-20-11-13-24(14-12-20)35(31,32)27-16-15-26(34-27)28(30)29(19-23-9-5-17-33-23)18-22-8-4-7-21-6-2-3-10-25(21)22/h2-17H,18-19H2,1H3. The fourth-order valence-corrected chi connectivity index (χ4v) is 5.17. The number of aryl methyl sites for hydroxylation is 1. The van der Waals surface area contributed by atoms with Crippen molar-refractivity contribution in [3.8, 4) is 0 Å². The molecule has 5 rings (SSSR count). The van der Waals surface area contributed by atoms with Gasteiger partial charge in [0.25, 0.3) is 5.91 Å². The molecule has 0 aliphatic carbocycles. The SMILES string of the molecule is Cc1ccc(S(=O)(=O)c2ccc(C(=O)N(Cc3ccco3)Cc3cccc4ccccc34)o2)cc1. The van der Waals surface area contributed by atoms with Crippen molar-refractivity contribution in [2.45, 2.75) is 30.0 Å². The molecule has 0 aliphatic rings. The Morgan fingerprint density at radius 1 is 0.829 bits per heavy atom. The predicted molar refractivity (Wildman–Crippen MR) is 132 cm³/mol. The van der Waals surface area contributed by atoms with Crippen molar-refractivity contribution in [2.75, 3.05) is 0 Å². The van der Waals surface area contributed by atoms with Crippen molar-refractivity contribution >= 4 is 26.5 Å². The molecule has 1 amide bonds. The van der Waals surface area contributed by atoms with Gasteiger partial charge >= 0.3 is 0 Å². The Labute approximate surface area is 203 Å². The quantitative estimate of drug-likeness (QED) is 0.282. The van der Waals surface area contributed by atoms with E-state index >= 15 is 0 Å². The van der Waals surface area contributed by atoms with E-state index in [1.165, 1.54) is 24.3 Å². The van der Waals surface area contributed by atoms with Gasteiger partial charge in [-0.15, -0.1) is 0 Å². The first-order valence-electron chi connectivity index (χ1n) is 11.1. The topological polar surface area (TPSA) is 80.7 Å². The van der Waals surface area contributed by atoms with Crippen molar-refractivity contribution in [1.29, 1.82) is 0 Å². The van der Waals surface area contributed by atoms with E-state index in [0.29, 0.717) is 12.3 Å². The molecule has 176 valence electrons. The predicted octanol–water partition coefficient (Wildman–Crippen LogP) is 6.01. The normalized spacial score (nSPS) is 11.6. The van der Waals surface area contributed by atoms with Crippen LogP contribution in [0.15, 0.2) is 116 Å². The number of carbonyl (C=O) groups is 1. The highest BCUT2D eigenvalue weighted by molar-refractivity contribution is 7.91. The highest BCUT2D eigenvalue weighted by Crippen LogP contribution is 2.26. The Bertz CT molecular complexity index is 1580. The summed E-state index contributed by atoms with van der Waals surface area (Å²) in [5.41, 5.74) is 1.91. The number of furan rings is 2. The van der Waals surface area contributed by atoms with Crippen molar-refractivity contribution in [1.82, 2.24) is 4.90 Å². The van der Waals surface area contributed by atoms with Crippen LogP contribution in [-0.4, -0.2) is 19.2 Å². The molecule has 0 spiro atoms. The van der Waals surface area contributed by atoms with Crippen LogP contribution in [0.1, 0.15) is 27.4 Å². The second-order valence-electron chi connectivity index (χ2n) is 8.31. The van der Waals surface area contributed by atoms with Crippen molar-refractivity contribution in [3.05, 3.63) is 120 Å². The van der Waals surface area contributed by atoms with Gasteiger partial charge in [-0.05, 0) is 59.7 Å². The highest BCUT2D eigenvalue weighted by atomic mass is 32.2. The van der Waals surface area contributed by atoms with E-state index in [1.807, 2.05) is 49.4 Å². The maximum Gasteiger partial charge on any atom is 0.290 e. The maximum atomic E-state index is 13.5. The van der Waals surface area contributed by atoms with Crippen LogP contribution in [-0.2, 0) is 22.9 Å². The molecule has 2 heterocycles. The number of sulfone groups is 1. The third-order valence-corrected chi connectivity index (χ3v) is 7.49. The number of benzene rings is 3. The number of hydrogen-bond acceptors (Lipinski definition) is 5. The number of nitrogens with zero attached hydrogens (tertiary/aromatic N) is 1. The van der Waals surface area contributed by atoms with Gasteiger partial charge in [-0.2, -0.15) is 0 Å². The fraction of sp³-hybridized carbons (Fsp3) is 0.107. The molecule has 5 aromatic rings. The third kappa shape index (κ3) is 4.63. The first kappa shape index (κ1) is 22.7. The molecule has 0 N–H and O–H groups in total. The molecule has 7 heteroatoms. The smallest absolute Gasteiger partial charge is 0.290 e. The van der Waals surface area contributed by atoms with Gasteiger partial charge in [-0.3, -0.25) is 4.79 Å². The van der Waals surface area contributed by atoms with Crippen LogP contribution in [0.3, 0.4) is 0 Å². The van der Waals surface area contributed by atoms with Crippen LogP contribution >= 0.6 is 0 Å². The lowest BCUT2D eigenvalue weighted by molar-refractivity contribution is 0.0680. The lowest BCUT2D eigenvalue weighted by Crippen LogP contribution is -2.29. The second-order valence-corrected chi connectivity index (χ2v) is 10.2. The molecule has 0 saturated heterocycles. The lowest BCUT2D eigenvalue weighted by Gasteiger charge is -2.21. The molecule has 0 saturated carbocycles. The Hall–Kier alpha value is -4.10. The van der Waals surface area contributed by atoms with E-state index < -0.39 is 15.7 Å². The summed E-state index contributed by atoms with van der Waals surface area (Å²) in [6.45, 7) is 2.38. The number of amides is 1. The number of carbonyl (C=O) groups excluding carboxylic acids is 1. The minimum Gasteiger partial charge on any atom is -0.467 e. The Balaban J connectivity index is 1.47. The zero-order valence-corrected chi connectivity index (χ0v) is 19.9. The minimum absolute atomic E-state index is 0.0533. The Morgan fingerprint density at radius 3 is 2.37 bits per heavy atom. The molecule has 0 fully saturated rings. The van der Waals surface area contributed by atoms with Crippen LogP contribution in [0.5, 0.6) is 0 Å². The summed E-state index contributed by atoms with van der Waals surface area (Å²) in [7, 11) is -3.89. The zero-order chi connectivity index (χ0) is 24.4. The summed E-state index contributed by atoms with van der Waals surface area (Å²) in [4.78, 5) is 15.2. The monoisotopic (exact) mass is 485 g/mol.